The normalized spacial score (nSPS) is 14.1. The summed E-state index contributed by atoms with van der Waals surface area (Å²) in [7, 11) is 1.92. The van der Waals surface area contributed by atoms with Gasteiger partial charge in [-0.2, -0.15) is 5.10 Å². The van der Waals surface area contributed by atoms with Crippen molar-refractivity contribution in [3.05, 3.63) is 18.0 Å². The molecule has 0 bridgehead atoms. The van der Waals surface area contributed by atoms with Gasteiger partial charge in [0.25, 0.3) is 0 Å². The molecule has 4 heteroatoms. The van der Waals surface area contributed by atoms with Crippen molar-refractivity contribution in [2.75, 3.05) is 6.61 Å². The standard InChI is InChI=1S/C12H23N3O/c1-12(2,3)16-9-11(13)6-5-10-7-14-15(4)8-10/h7-8,11H,5-6,9,13H2,1-4H3. The first kappa shape index (κ1) is 13.2. The third kappa shape index (κ3) is 5.28. The van der Waals surface area contributed by atoms with Crippen LogP contribution in [0.5, 0.6) is 0 Å². The van der Waals surface area contributed by atoms with Crippen molar-refractivity contribution in [2.24, 2.45) is 12.8 Å². The van der Waals surface area contributed by atoms with E-state index in [1.54, 1.807) is 0 Å². The molecular weight excluding hydrogens is 202 g/mol. The molecule has 1 atom stereocenters. The second-order valence-corrected chi connectivity index (χ2v) is 5.24. The molecule has 0 aliphatic carbocycles. The van der Waals surface area contributed by atoms with E-state index in [1.165, 1.54) is 5.56 Å². The number of hydrogen-bond donors (Lipinski definition) is 1. The van der Waals surface area contributed by atoms with Gasteiger partial charge < -0.3 is 10.5 Å². The Bertz CT molecular complexity index is 314. The van der Waals surface area contributed by atoms with Gasteiger partial charge in [0.05, 0.1) is 18.4 Å². The number of nitrogens with two attached hydrogens (primary N) is 1. The molecule has 0 saturated heterocycles. The van der Waals surface area contributed by atoms with Gasteiger partial charge in [-0.15, -0.1) is 0 Å². The van der Waals surface area contributed by atoms with E-state index in [0.29, 0.717) is 6.61 Å². The Kier molecular flexibility index (Phi) is 4.50. The maximum atomic E-state index is 5.98. The maximum absolute atomic E-state index is 5.98. The highest BCUT2D eigenvalue weighted by Gasteiger charge is 2.12. The van der Waals surface area contributed by atoms with E-state index >= 15 is 0 Å². The Labute approximate surface area is 97.8 Å². The SMILES string of the molecule is Cn1cc(CCC(N)COC(C)(C)C)cn1. The molecule has 0 saturated carbocycles. The predicted octanol–water partition coefficient (Wildman–Crippen LogP) is 1.50. The van der Waals surface area contributed by atoms with Crippen molar-refractivity contribution in [1.29, 1.82) is 0 Å². The summed E-state index contributed by atoms with van der Waals surface area (Å²) in [4.78, 5) is 0. The van der Waals surface area contributed by atoms with Gasteiger partial charge in [0.2, 0.25) is 0 Å². The summed E-state index contributed by atoms with van der Waals surface area (Å²) in [6.45, 7) is 6.74. The molecule has 1 rings (SSSR count). The average molecular weight is 225 g/mol. The van der Waals surface area contributed by atoms with Crippen LogP contribution in [0.4, 0.5) is 0 Å². The lowest BCUT2D eigenvalue weighted by molar-refractivity contribution is -0.0107. The van der Waals surface area contributed by atoms with Crippen LogP contribution < -0.4 is 5.73 Å². The van der Waals surface area contributed by atoms with Crippen LogP contribution in [0.1, 0.15) is 32.8 Å². The largest absolute Gasteiger partial charge is 0.374 e. The summed E-state index contributed by atoms with van der Waals surface area (Å²) in [6, 6.07) is 0.0967. The minimum absolute atomic E-state index is 0.0967. The fourth-order valence-corrected chi connectivity index (χ4v) is 1.39. The van der Waals surface area contributed by atoms with E-state index in [1.807, 2.05) is 44.9 Å². The summed E-state index contributed by atoms with van der Waals surface area (Å²) in [5, 5.41) is 4.12. The Hall–Kier alpha value is -0.870. The number of ether oxygens (including phenoxy) is 1. The van der Waals surface area contributed by atoms with Crippen LogP contribution in [-0.2, 0) is 18.2 Å². The minimum atomic E-state index is -0.105. The molecule has 0 spiro atoms. The number of hydrogen-bond acceptors (Lipinski definition) is 3. The molecule has 2 N–H and O–H groups in total. The summed E-state index contributed by atoms with van der Waals surface area (Å²) in [6.07, 6.45) is 5.80. The summed E-state index contributed by atoms with van der Waals surface area (Å²) < 4.78 is 7.45. The Morgan fingerprint density at radius 2 is 2.19 bits per heavy atom. The highest BCUT2D eigenvalue weighted by Crippen LogP contribution is 2.09. The first-order chi connectivity index (χ1) is 7.37. The first-order valence-corrected chi connectivity index (χ1v) is 5.74. The summed E-state index contributed by atoms with van der Waals surface area (Å²) >= 11 is 0. The maximum Gasteiger partial charge on any atom is 0.0624 e. The summed E-state index contributed by atoms with van der Waals surface area (Å²) in [5.41, 5.74) is 7.11. The molecule has 1 heterocycles. The van der Waals surface area contributed by atoms with Crippen molar-refractivity contribution < 1.29 is 4.74 Å². The molecule has 1 aromatic heterocycles. The van der Waals surface area contributed by atoms with E-state index in [-0.39, 0.29) is 11.6 Å². The molecule has 0 aliphatic heterocycles. The highest BCUT2D eigenvalue weighted by molar-refractivity contribution is 5.03. The molecule has 0 aliphatic rings. The number of rotatable bonds is 5. The van der Waals surface area contributed by atoms with Crippen molar-refractivity contribution in [1.82, 2.24) is 9.78 Å². The second-order valence-electron chi connectivity index (χ2n) is 5.24. The van der Waals surface area contributed by atoms with Crippen molar-refractivity contribution in [3.63, 3.8) is 0 Å². The Morgan fingerprint density at radius 1 is 1.50 bits per heavy atom. The molecule has 16 heavy (non-hydrogen) atoms. The Balaban J connectivity index is 2.22. The average Bonchev–Trinajstić information content (AvgIpc) is 2.57. The lowest BCUT2D eigenvalue weighted by atomic mass is 10.1. The van der Waals surface area contributed by atoms with Gasteiger partial charge in [0.15, 0.2) is 0 Å². The number of aromatic nitrogens is 2. The second kappa shape index (κ2) is 5.46. The first-order valence-electron chi connectivity index (χ1n) is 5.74. The van der Waals surface area contributed by atoms with Crippen LogP contribution in [-0.4, -0.2) is 28.0 Å². The Morgan fingerprint density at radius 3 is 2.69 bits per heavy atom. The fourth-order valence-electron chi connectivity index (χ4n) is 1.39. The molecule has 1 unspecified atom stereocenters. The van der Waals surface area contributed by atoms with E-state index < -0.39 is 0 Å². The van der Waals surface area contributed by atoms with Crippen LogP contribution in [0.25, 0.3) is 0 Å². The van der Waals surface area contributed by atoms with Crippen LogP contribution in [0.2, 0.25) is 0 Å². The zero-order valence-corrected chi connectivity index (χ0v) is 10.7. The van der Waals surface area contributed by atoms with Gasteiger partial charge in [-0.3, -0.25) is 4.68 Å². The quantitative estimate of drug-likeness (QED) is 0.826. The third-order valence-electron chi connectivity index (χ3n) is 2.29. The number of aryl methyl sites for hydroxylation is 2. The molecule has 0 aromatic carbocycles. The molecule has 0 amide bonds. The van der Waals surface area contributed by atoms with Crippen LogP contribution in [0.15, 0.2) is 12.4 Å². The van der Waals surface area contributed by atoms with Gasteiger partial charge in [-0.05, 0) is 39.2 Å². The highest BCUT2D eigenvalue weighted by atomic mass is 16.5. The van der Waals surface area contributed by atoms with Crippen LogP contribution in [0, 0.1) is 0 Å². The third-order valence-corrected chi connectivity index (χ3v) is 2.29. The smallest absolute Gasteiger partial charge is 0.0624 e. The molecule has 0 radical (unpaired) electrons. The van der Waals surface area contributed by atoms with E-state index in [9.17, 15) is 0 Å². The van der Waals surface area contributed by atoms with Crippen molar-refractivity contribution >= 4 is 0 Å². The fraction of sp³-hybridized carbons (Fsp3) is 0.750. The van der Waals surface area contributed by atoms with E-state index in [4.69, 9.17) is 10.5 Å². The molecule has 1 aromatic rings. The van der Waals surface area contributed by atoms with Gasteiger partial charge >= 0.3 is 0 Å². The van der Waals surface area contributed by atoms with E-state index in [0.717, 1.165) is 12.8 Å². The van der Waals surface area contributed by atoms with Crippen molar-refractivity contribution in [2.45, 2.75) is 45.3 Å². The van der Waals surface area contributed by atoms with E-state index in [2.05, 4.69) is 5.10 Å². The van der Waals surface area contributed by atoms with Crippen LogP contribution >= 0.6 is 0 Å². The van der Waals surface area contributed by atoms with Crippen molar-refractivity contribution in [3.8, 4) is 0 Å². The number of nitrogens with zero attached hydrogens (tertiary/aromatic N) is 2. The molecule has 4 nitrogen and oxygen atoms in total. The zero-order valence-electron chi connectivity index (χ0n) is 10.7. The molecular formula is C12H23N3O. The van der Waals surface area contributed by atoms with Gasteiger partial charge in [0.1, 0.15) is 0 Å². The molecule has 0 fully saturated rings. The zero-order chi connectivity index (χ0) is 12.2. The minimum Gasteiger partial charge on any atom is -0.374 e. The van der Waals surface area contributed by atoms with Gasteiger partial charge in [-0.25, -0.2) is 0 Å². The lowest BCUT2D eigenvalue weighted by Crippen LogP contribution is -2.32. The summed E-state index contributed by atoms with van der Waals surface area (Å²) in [5.74, 6) is 0. The topological polar surface area (TPSA) is 53.1 Å². The monoisotopic (exact) mass is 225 g/mol. The van der Waals surface area contributed by atoms with Gasteiger partial charge in [0, 0.05) is 19.3 Å². The predicted molar refractivity (Wildman–Crippen MR) is 65.2 cm³/mol. The van der Waals surface area contributed by atoms with Crippen LogP contribution in [0.3, 0.4) is 0 Å². The van der Waals surface area contributed by atoms with Gasteiger partial charge in [-0.1, -0.05) is 0 Å². The molecule has 92 valence electrons. The lowest BCUT2D eigenvalue weighted by Gasteiger charge is -2.22.